The second-order valence-electron chi connectivity index (χ2n) is 4.32. The Morgan fingerprint density at radius 2 is 1.90 bits per heavy atom. The number of hydrogen-bond acceptors (Lipinski definition) is 4. The van der Waals surface area contributed by atoms with Crippen molar-refractivity contribution >= 4 is 29.4 Å². The number of ether oxygens (including phenoxy) is 1. The molecule has 0 saturated carbocycles. The minimum Gasteiger partial charge on any atom is -0.445 e. The second kappa shape index (κ2) is 8.97. The molecule has 21 heavy (non-hydrogen) atoms. The molecule has 1 aromatic rings. The fourth-order valence-electron chi connectivity index (χ4n) is 1.39. The average Bonchev–Trinajstić information content (AvgIpc) is 2.51. The van der Waals surface area contributed by atoms with Crippen LogP contribution in [0.1, 0.15) is 12.5 Å². The first-order chi connectivity index (χ1) is 10.0. The molecular formula is C14H17ClN2O4. The fourth-order valence-corrected chi connectivity index (χ4v) is 1.49. The summed E-state index contributed by atoms with van der Waals surface area (Å²) >= 11 is 5.31. The minimum absolute atomic E-state index is 0.117. The first kappa shape index (κ1) is 17.0. The van der Waals surface area contributed by atoms with E-state index in [9.17, 15) is 14.4 Å². The molecule has 114 valence electrons. The van der Waals surface area contributed by atoms with E-state index < -0.39 is 18.0 Å². The van der Waals surface area contributed by atoms with Crippen LogP contribution in [-0.2, 0) is 20.9 Å². The molecule has 1 atom stereocenters. The highest BCUT2D eigenvalue weighted by Crippen LogP contribution is 2.00. The standard InChI is InChI=1S/C14H17ClN2O4/c1-10(13(19)16-8-12(18)7-15)17-14(20)21-9-11-5-3-2-4-6-11/h2-6,10H,7-9H2,1H3,(H,16,19)(H,17,20). The first-order valence-electron chi connectivity index (χ1n) is 6.35. The van der Waals surface area contributed by atoms with E-state index in [1.165, 1.54) is 6.92 Å². The van der Waals surface area contributed by atoms with Gasteiger partial charge < -0.3 is 15.4 Å². The Kier molecular flexibility index (Phi) is 7.25. The molecule has 0 spiro atoms. The van der Waals surface area contributed by atoms with Crippen molar-refractivity contribution in [2.45, 2.75) is 19.6 Å². The molecule has 6 nitrogen and oxygen atoms in total. The van der Waals surface area contributed by atoms with Gasteiger partial charge in [-0.2, -0.15) is 0 Å². The van der Waals surface area contributed by atoms with E-state index in [-0.39, 0.29) is 24.8 Å². The van der Waals surface area contributed by atoms with Crippen LogP contribution in [0.5, 0.6) is 0 Å². The average molecular weight is 313 g/mol. The maximum Gasteiger partial charge on any atom is 0.408 e. The number of amides is 2. The fraction of sp³-hybridized carbons (Fsp3) is 0.357. The van der Waals surface area contributed by atoms with E-state index in [2.05, 4.69) is 10.6 Å². The van der Waals surface area contributed by atoms with Gasteiger partial charge >= 0.3 is 6.09 Å². The lowest BCUT2D eigenvalue weighted by molar-refractivity contribution is -0.125. The number of nitrogens with one attached hydrogen (secondary N) is 2. The van der Waals surface area contributed by atoms with Crippen LogP contribution in [0.25, 0.3) is 0 Å². The highest BCUT2D eigenvalue weighted by molar-refractivity contribution is 6.28. The van der Waals surface area contributed by atoms with Gasteiger partial charge in [0.15, 0.2) is 5.78 Å². The van der Waals surface area contributed by atoms with Crippen molar-refractivity contribution in [1.29, 1.82) is 0 Å². The SMILES string of the molecule is CC(NC(=O)OCc1ccccc1)C(=O)NCC(=O)CCl. The van der Waals surface area contributed by atoms with Crippen LogP contribution in [0.15, 0.2) is 30.3 Å². The highest BCUT2D eigenvalue weighted by atomic mass is 35.5. The zero-order valence-electron chi connectivity index (χ0n) is 11.6. The number of carbonyl (C=O) groups excluding carboxylic acids is 3. The van der Waals surface area contributed by atoms with E-state index >= 15 is 0 Å². The predicted molar refractivity (Wildman–Crippen MR) is 78.0 cm³/mol. The lowest BCUT2D eigenvalue weighted by Crippen LogP contribution is -2.46. The molecule has 0 saturated heterocycles. The summed E-state index contributed by atoms with van der Waals surface area (Å²) in [7, 11) is 0. The Hall–Kier alpha value is -2.08. The van der Waals surface area contributed by atoms with Gasteiger partial charge in [-0.3, -0.25) is 9.59 Å². The number of halogens is 1. The highest BCUT2D eigenvalue weighted by Gasteiger charge is 2.16. The summed E-state index contributed by atoms with van der Waals surface area (Å²) in [6.45, 7) is 1.45. The Morgan fingerprint density at radius 3 is 2.52 bits per heavy atom. The van der Waals surface area contributed by atoms with Crippen LogP contribution >= 0.6 is 11.6 Å². The van der Waals surface area contributed by atoms with Crippen molar-refractivity contribution in [1.82, 2.24) is 10.6 Å². The Bertz CT molecular complexity index is 493. The number of benzene rings is 1. The van der Waals surface area contributed by atoms with Gasteiger partial charge in [0, 0.05) is 0 Å². The van der Waals surface area contributed by atoms with Crippen molar-refractivity contribution in [2.24, 2.45) is 0 Å². The molecule has 0 aliphatic rings. The summed E-state index contributed by atoms with van der Waals surface area (Å²) in [4.78, 5) is 34.1. The van der Waals surface area contributed by atoms with Crippen LogP contribution in [0.3, 0.4) is 0 Å². The number of alkyl carbamates (subject to hydrolysis) is 1. The number of rotatable bonds is 7. The molecule has 7 heteroatoms. The largest absolute Gasteiger partial charge is 0.445 e. The van der Waals surface area contributed by atoms with E-state index in [0.29, 0.717) is 0 Å². The number of alkyl halides is 1. The summed E-state index contributed by atoms with van der Waals surface area (Å²) in [5, 5.41) is 4.74. The van der Waals surface area contributed by atoms with Gasteiger partial charge in [0.05, 0.1) is 12.4 Å². The molecule has 0 fully saturated rings. The molecule has 0 aliphatic heterocycles. The summed E-state index contributed by atoms with van der Waals surface area (Å²) in [5.41, 5.74) is 0.845. The number of hydrogen-bond donors (Lipinski definition) is 2. The number of carbonyl (C=O) groups is 3. The van der Waals surface area contributed by atoms with E-state index in [1.54, 1.807) is 0 Å². The molecule has 1 unspecified atom stereocenters. The van der Waals surface area contributed by atoms with E-state index in [4.69, 9.17) is 16.3 Å². The molecule has 0 radical (unpaired) electrons. The maximum atomic E-state index is 11.6. The van der Waals surface area contributed by atoms with Crippen molar-refractivity contribution < 1.29 is 19.1 Å². The van der Waals surface area contributed by atoms with Crippen LogP contribution in [0, 0.1) is 0 Å². The smallest absolute Gasteiger partial charge is 0.408 e. The lowest BCUT2D eigenvalue weighted by Gasteiger charge is -2.13. The monoisotopic (exact) mass is 312 g/mol. The molecule has 0 bridgehead atoms. The molecule has 0 aliphatic carbocycles. The van der Waals surface area contributed by atoms with E-state index in [1.807, 2.05) is 30.3 Å². The van der Waals surface area contributed by atoms with Crippen LogP contribution in [-0.4, -0.2) is 36.3 Å². The van der Waals surface area contributed by atoms with Crippen LogP contribution < -0.4 is 10.6 Å². The predicted octanol–water partition coefficient (Wildman–Crippen LogP) is 1.23. The van der Waals surface area contributed by atoms with Crippen molar-refractivity contribution in [3.63, 3.8) is 0 Å². The zero-order valence-corrected chi connectivity index (χ0v) is 12.4. The molecule has 1 aromatic carbocycles. The number of ketones is 1. The van der Waals surface area contributed by atoms with E-state index in [0.717, 1.165) is 5.56 Å². The Balaban J connectivity index is 2.29. The van der Waals surface area contributed by atoms with Gasteiger partial charge in [0.2, 0.25) is 5.91 Å². The first-order valence-corrected chi connectivity index (χ1v) is 6.89. The third-order valence-corrected chi connectivity index (χ3v) is 2.85. The molecular weight excluding hydrogens is 296 g/mol. The second-order valence-corrected chi connectivity index (χ2v) is 4.59. The van der Waals surface area contributed by atoms with Gasteiger partial charge in [-0.15, -0.1) is 11.6 Å². The third kappa shape index (κ3) is 6.76. The topological polar surface area (TPSA) is 84.5 Å². The Morgan fingerprint density at radius 1 is 1.24 bits per heavy atom. The van der Waals surface area contributed by atoms with Crippen LogP contribution in [0.4, 0.5) is 4.79 Å². The minimum atomic E-state index is -0.809. The van der Waals surface area contributed by atoms with Gasteiger partial charge in [-0.1, -0.05) is 30.3 Å². The Labute approximate surface area is 127 Å². The summed E-state index contributed by atoms with van der Waals surface area (Å²) < 4.78 is 4.98. The molecule has 0 heterocycles. The zero-order chi connectivity index (χ0) is 15.7. The van der Waals surface area contributed by atoms with Gasteiger partial charge in [-0.05, 0) is 12.5 Å². The summed E-state index contributed by atoms with van der Waals surface area (Å²) in [6.07, 6.45) is -0.704. The number of Topliss-reactive ketones (excluding diaryl/α,β-unsaturated/α-hetero) is 1. The summed E-state index contributed by atoms with van der Waals surface area (Å²) in [6, 6.07) is 8.36. The quantitative estimate of drug-likeness (QED) is 0.742. The van der Waals surface area contributed by atoms with Crippen molar-refractivity contribution in [3.05, 3.63) is 35.9 Å². The normalized spacial score (nSPS) is 11.3. The van der Waals surface area contributed by atoms with Crippen LogP contribution in [0.2, 0.25) is 0 Å². The van der Waals surface area contributed by atoms with Gasteiger partial charge in [-0.25, -0.2) is 4.79 Å². The molecule has 2 N–H and O–H groups in total. The lowest BCUT2D eigenvalue weighted by atomic mass is 10.2. The van der Waals surface area contributed by atoms with Crippen molar-refractivity contribution in [2.75, 3.05) is 12.4 Å². The van der Waals surface area contributed by atoms with Gasteiger partial charge in [0.1, 0.15) is 12.6 Å². The third-order valence-electron chi connectivity index (χ3n) is 2.55. The van der Waals surface area contributed by atoms with Gasteiger partial charge in [0.25, 0.3) is 0 Å². The molecule has 1 rings (SSSR count). The van der Waals surface area contributed by atoms with Crippen molar-refractivity contribution in [3.8, 4) is 0 Å². The summed E-state index contributed by atoms with van der Waals surface area (Å²) in [5.74, 6) is -0.949. The molecule has 0 aromatic heterocycles. The maximum absolute atomic E-state index is 11.6. The molecule has 2 amide bonds.